The van der Waals surface area contributed by atoms with Crippen LogP contribution in [0, 0.1) is 23.1 Å². The van der Waals surface area contributed by atoms with Crippen molar-refractivity contribution in [3.8, 4) is 6.07 Å². The molecule has 12 heteroatoms. The Kier molecular flexibility index (Phi) is 7.50. The van der Waals surface area contributed by atoms with Crippen molar-refractivity contribution < 1.29 is 30.8 Å². The van der Waals surface area contributed by atoms with Crippen LogP contribution in [0.2, 0.25) is 0 Å². The van der Waals surface area contributed by atoms with E-state index in [2.05, 4.69) is 5.32 Å². The quantitative estimate of drug-likeness (QED) is 0.706. The van der Waals surface area contributed by atoms with Crippen LogP contribution in [0.5, 0.6) is 0 Å². The molecule has 158 valence electrons. The van der Waals surface area contributed by atoms with Gasteiger partial charge in [-0.25, -0.2) is 12.8 Å². The molecule has 0 saturated heterocycles. The van der Waals surface area contributed by atoms with Crippen molar-refractivity contribution in [2.45, 2.75) is 18.0 Å². The smallest absolute Gasteiger partial charge is 0.345 e. The number of rotatable bonds is 5. The van der Waals surface area contributed by atoms with Crippen LogP contribution >= 0.6 is 13.5 Å². The number of sulfone groups is 1. The van der Waals surface area contributed by atoms with E-state index in [4.69, 9.17) is 5.26 Å². The first-order valence-corrected chi connectivity index (χ1v) is 9.48. The molecule has 2 rings (SSSR count). The van der Waals surface area contributed by atoms with Gasteiger partial charge in [-0.05, 0) is 18.2 Å². The minimum Gasteiger partial charge on any atom is -0.345 e. The van der Waals surface area contributed by atoms with Crippen molar-refractivity contribution in [3.63, 3.8) is 0 Å². The van der Waals surface area contributed by atoms with Gasteiger partial charge in [0.1, 0.15) is 11.8 Å². The van der Waals surface area contributed by atoms with E-state index in [9.17, 15) is 30.8 Å². The Morgan fingerprint density at radius 1 is 1.34 bits per heavy atom. The van der Waals surface area contributed by atoms with Crippen molar-refractivity contribution in [1.82, 2.24) is 4.57 Å². The number of benzene rings is 1. The van der Waals surface area contributed by atoms with Gasteiger partial charge in [0.2, 0.25) is 0 Å². The van der Waals surface area contributed by atoms with Gasteiger partial charge in [-0.3, -0.25) is 4.79 Å². The summed E-state index contributed by atoms with van der Waals surface area (Å²) in [5, 5.41) is 11.0. The molecule has 0 bridgehead atoms. The number of amides is 1. The number of nitriles is 1. The van der Waals surface area contributed by atoms with Crippen LogP contribution < -0.4 is 5.32 Å². The third-order valence-electron chi connectivity index (χ3n) is 3.97. The van der Waals surface area contributed by atoms with Crippen LogP contribution in [-0.2, 0) is 16.9 Å². The normalized spacial score (nSPS) is 12.6. The Morgan fingerprint density at radius 3 is 2.52 bits per heavy atom. The van der Waals surface area contributed by atoms with Crippen LogP contribution in [0.1, 0.15) is 23.0 Å². The molecule has 0 aliphatic rings. The molecule has 1 heterocycles. The highest BCUT2D eigenvalue weighted by Gasteiger charge is 2.39. The largest absolute Gasteiger partial charge is 0.392 e. The number of alkyl halides is 3. The fourth-order valence-corrected chi connectivity index (χ4v) is 4.00. The average molecular weight is 451 g/mol. The highest BCUT2D eigenvalue weighted by molar-refractivity contribution is 7.91. The fraction of sp³-hybridized carbons (Fsp3) is 0.294. The molecular formula is C17H17F4N3O3S2. The number of hydrogen-bond acceptors (Lipinski definition) is 4. The third kappa shape index (κ3) is 5.51. The van der Waals surface area contributed by atoms with Crippen molar-refractivity contribution in [2.75, 3.05) is 11.1 Å². The molecule has 0 fully saturated rings. The van der Waals surface area contributed by atoms with Crippen molar-refractivity contribution in [3.05, 3.63) is 47.5 Å². The molecule has 6 nitrogen and oxygen atoms in total. The van der Waals surface area contributed by atoms with Crippen LogP contribution in [0.3, 0.4) is 0 Å². The second kappa shape index (κ2) is 8.87. The highest BCUT2D eigenvalue weighted by Crippen LogP contribution is 2.29. The van der Waals surface area contributed by atoms with E-state index in [-0.39, 0.29) is 30.4 Å². The van der Waals surface area contributed by atoms with Gasteiger partial charge in [0, 0.05) is 13.2 Å². The number of nitrogens with one attached hydrogen (secondary N) is 1. The van der Waals surface area contributed by atoms with Crippen molar-refractivity contribution in [2.24, 2.45) is 13.0 Å². The number of anilines is 1. The molecule has 0 aliphatic heterocycles. The summed E-state index contributed by atoms with van der Waals surface area (Å²) in [6.07, 6.45) is -3.67. The molecule has 1 atom stereocenters. The van der Waals surface area contributed by atoms with Gasteiger partial charge in [-0.2, -0.15) is 31.9 Å². The Morgan fingerprint density at radius 2 is 1.97 bits per heavy atom. The maximum atomic E-state index is 14.1. The molecular weight excluding hydrogens is 434 g/mol. The lowest BCUT2D eigenvalue weighted by Gasteiger charge is -2.14. The first-order valence-electron chi connectivity index (χ1n) is 7.82. The van der Waals surface area contributed by atoms with E-state index >= 15 is 0 Å². The fourth-order valence-electron chi connectivity index (χ4n) is 2.35. The maximum absolute atomic E-state index is 14.1. The SMILES string of the molecule is C[C@H](CS(=O)(=O)c1cc(C(=O)Nc2cccc(C#N)c2F)n(C)c1)C(F)(F)F.S. The number of nitrogens with zero attached hydrogens (tertiary/aromatic N) is 2. The number of carbonyl (C=O) groups is 1. The lowest BCUT2D eigenvalue weighted by atomic mass is 10.2. The first kappa shape index (κ1) is 24.5. The van der Waals surface area contributed by atoms with Gasteiger partial charge in [0.25, 0.3) is 5.91 Å². The summed E-state index contributed by atoms with van der Waals surface area (Å²) in [6.45, 7) is 0.749. The zero-order valence-electron chi connectivity index (χ0n) is 15.2. The van der Waals surface area contributed by atoms with Crippen molar-refractivity contribution >= 4 is 34.9 Å². The summed E-state index contributed by atoms with van der Waals surface area (Å²) in [6, 6.07) is 6.29. The maximum Gasteiger partial charge on any atom is 0.392 e. The molecule has 0 unspecified atom stereocenters. The Balaban J connectivity index is 0.00000420. The monoisotopic (exact) mass is 451 g/mol. The Labute approximate surface area is 171 Å². The van der Waals surface area contributed by atoms with Gasteiger partial charge >= 0.3 is 6.18 Å². The summed E-state index contributed by atoms with van der Waals surface area (Å²) in [5.74, 6) is -5.10. The summed E-state index contributed by atoms with van der Waals surface area (Å²) < 4.78 is 77.6. The molecule has 1 amide bonds. The molecule has 2 aromatic rings. The van der Waals surface area contributed by atoms with E-state index in [0.717, 1.165) is 23.8 Å². The molecule has 0 radical (unpaired) electrons. The molecule has 0 aliphatic carbocycles. The van der Waals surface area contributed by atoms with Crippen LogP contribution in [0.15, 0.2) is 35.4 Å². The minimum absolute atomic E-state index is 0. The first-order chi connectivity index (χ1) is 12.9. The van der Waals surface area contributed by atoms with Gasteiger partial charge in [0.05, 0.1) is 27.8 Å². The Bertz CT molecular complexity index is 1060. The van der Waals surface area contributed by atoms with Gasteiger partial charge in [-0.1, -0.05) is 13.0 Å². The van der Waals surface area contributed by atoms with E-state index in [1.54, 1.807) is 6.07 Å². The molecule has 29 heavy (non-hydrogen) atoms. The highest BCUT2D eigenvalue weighted by atomic mass is 32.2. The average Bonchev–Trinajstić information content (AvgIpc) is 2.98. The number of halogens is 4. The summed E-state index contributed by atoms with van der Waals surface area (Å²) in [4.78, 5) is 11.9. The Hall–Kier alpha value is -2.52. The lowest BCUT2D eigenvalue weighted by Crippen LogP contribution is -2.27. The van der Waals surface area contributed by atoms with Gasteiger partial charge in [0.15, 0.2) is 15.7 Å². The molecule has 0 saturated carbocycles. The van der Waals surface area contributed by atoms with E-state index in [1.165, 1.54) is 25.2 Å². The summed E-state index contributed by atoms with van der Waals surface area (Å²) in [5.41, 5.74) is -0.797. The number of carbonyl (C=O) groups excluding carboxylic acids is 1. The van der Waals surface area contributed by atoms with Crippen LogP contribution in [0.4, 0.5) is 23.2 Å². The van der Waals surface area contributed by atoms with Gasteiger partial charge < -0.3 is 9.88 Å². The summed E-state index contributed by atoms with van der Waals surface area (Å²) >= 11 is 0. The molecule has 1 aromatic carbocycles. The zero-order chi connectivity index (χ0) is 21.3. The summed E-state index contributed by atoms with van der Waals surface area (Å²) in [7, 11) is -2.98. The second-order valence-corrected chi connectivity index (χ2v) is 8.16. The van der Waals surface area contributed by atoms with Crippen LogP contribution in [0.25, 0.3) is 0 Å². The number of hydrogen-bond donors (Lipinski definition) is 1. The zero-order valence-corrected chi connectivity index (χ0v) is 17.0. The minimum atomic E-state index is -4.68. The van der Waals surface area contributed by atoms with Crippen molar-refractivity contribution in [1.29, 1.82) is 5.26 Å². The lowest BCUT2D eigenvalue weighted by molar-refractivity contribution is -0.163. The van der Waals surface area contributed by atoms with E-state index < -0.39 is 44.3 Å². The second-order valence-electron chi connectivity index (χ2n) is 6.13. The molecule has 0 spiro atoms. The third-order valence-corrected chi connectivity index (χ3v) is 5.85. The molecule has 1 aromatic heterocycles. The molecule has 1 N–H and O–H groups in total. The number of aromatic nitrogens is 1. The standard InChI is InChI=1S/C17H15F4N3O3S.H2S/c1-10(17(19,20)21)9-28(26,27)12-6-14(24(2)8-12)16(25)23-13-5-3-4-11(7-22)15(13)18;/h3-6,8,10H,9H2,1-2H3,(H,23,25);1H2/t10-;/m1./s1. The van der Waals surface area contributed by atoms with E-state index in [1.807, 2.05) is 0 Å². The predicted octanol–water partition coefficient (Wildman–Crippen LogP) is 3.37. The van der Waals surface area contributed by atoms with Crippen LogP contribution in [-0.4, -0.2) is 30.8 Å². The number of aryl methyl sites for hydroxylation is 1. The van der Waals surface area contributed by atoms with Gasteiger partial charge in [-0.15, -0.1) is 0 Å². The topological polar surface area (TPSA) is 92.0 Å². The van der Waals surface area contributed by atoms with E-state index in [0.29, 0.717) is 0 Å². The predicted molar refractivity (Wildman–Crippen MR) is 102 cm³/mol.